The fraction of sp³-hybridized carbons (Fsp3) is 0.125. The fourth-order valence-electron chi connectivity index (χ4n) is 2.15. The van der Waals surface area contributed by atoms with E-state index in [4.69, 9.17) is 9.84 Å². The molecule has 3 rings (SSSR count). The Morgan fingerprint density at radius 2 is 1.55 bits per heavy atom. The second-order valence-corrected chi connectivity index (χ2v) is 4.63. The number of carboxylic acids is 1. The van der Waals surface area contributed by atoms with E-state index in [0.717, 1.165) is 5.56 Å². The number of hydrogen-bond donors (Lipinski definition) is 1. The van der Waals surface area contributed by atoms with Crippen molar-refractivity contribution < 1.29 is 19.4 Å². The van der Waals surface area contributed by atoms with Gasteiger partial charge in [-0.1, -0.05) is 42.5 Å². The molecule has 4 heteroatoms. The third-order valence-electron chi connectivity index (χ3n) is 3.29. The summed E-state index contributed by atoms with van der Waals surface area (Å²) in [5.41, 5.74) is 1.67. The number of ether oxygens (including phenoxy) is 1. The predicted octanol–water partition coefficient (Wildman–Crippen LogP) is 2.71. The van der Waals surface area contributed by atoms with Gasteiger partial charge in [0.1, 0.15) is 6.10 Å². The third-order valence-corrected chi connectivity index (χ3v) is 3.29. The molecule has 0 bridgehead atoms. The maximum Gasteiger partial charge on any atom is 0.335 e. The zero-order chi connectivity index (χ0) is 14.1. The van der Waals surface area contributed by atoms with Crippen molar-refractivity contribution in [2.45, 2.75) is 12.2 Å². The van der Waals surface area contributed by atoms with Crippen LogP contribution in [0.15, 0.2) is 54.6 Å². The lowest BCUT2D eigenvalue weighted by atomic mass is 10.0. The standard InChI is InChI=1S/C16H12O4/c17-13(10-4-2-1-3-5-10)15-14(20-15)11-6-8-12(9-7-11)16(18)19/h1-9,14-15H,(H,18,19). The molecule has 20 heavy (non-hydrogen) atoms. The van der Waals surface area contributed by atoms with Gasteiger partial charge in [-0.2, -0.15) is 0 Å². The minimum Gasteiger partial charge on any atom is -0.478 e. The molecule has 1 N–H and O–H groups in total. The van der Waals surface area contributed by atoms with Gasteiger partial charge in [-0.25, -0.2) is 4.79 Å². The molecule has 2 aromatic carbocycles. The average molecular weight is 268 g/mol. The maximum absolute atomic E-state index is 12.1. The summed E-state index contributed by atoms with van der Waals surface area (Å²) < 4.78 is 5.42. The van der Waals surface area contributed by atoms with Crippen molar-refractivity contribution in [3.63, 3.8) is 0 Å². The number of Topliss-reactive ketones (excluding diaryl/α,β-unsaturated/α-hetero) is 1. The molecule has 100 valence electrons. The van der Waals surface area contributed by atoms with Crippen LogP contribution in [0.3, 0.4) is 0 Å². The zero-order valence-electron chi connectivity index (χ0n) is 10.5. The first-order chi connectivity index (χ1) is 9.66. The molecule has 0 saturated carbocycles. The molecule has 2 aromatic rings. The van der Waals surface area contributed by atoms with Crippen molar-refractivity contribution in [2.24, 2.45) is 0 Å². The van der Waals surface area contributed by atoms with Gasteiger partial charge in [-0.15, -0.1) is 0 Å². The number of carbonyl (C=O) groups is 2. The van der Waals surface area contributed by atoms with Crippen molar-refractivity contribution in [2.75, 3.05) is 0 Å². The first kappa shape index (κ1) is 12.6. The molecule has 4 nitrogen and oxygen atoms in total. The van der Waals surface area contributed by atoms with Crippen molar-refractivity contribution in [1.29, 1.82) is 0 Å². The van der Waals surface area contributed by atoms with Crippen molar-refractivity contribution in [3.05, 3.63) is 71.3 Å². The van der Waals surface area contributed by atoms with E-state index in [0.29, 0.717) is 5.56 Å². The van der Waals surface area contributed by atoms with Gasteiger partial charge in [0.05, 0.1) is 5.56 Å². The molecule has 2 unspecified atom stereocenters. The molecule has 1 aliphatic heterocycles. The fourth-order valence-corrected chi connectivity index (χ4v) is 2.15. The van der Waals surface area contributed by atoms with Gasteiger partial charge in [0.15, 0.2) is 11.9 Å². The number of carbonyl (C=O) groups excluding carboxylic acids is 1. The smallest absolute Gasteiger partial charge is 0.335 e. The average Bonchev–Trinajstić information content (AvgIpc) is 3.28. The lowest BCUT2D eigenvalue weighted by Gasteiger charge is -1.98. The van der Waals surface area contributed by atoms with E-state index in [9.17, 15) is 9.59 Å². The Kier molecular flexibility index (Phi) is 3.08. The number of ketones is 1. The van der Waals surface area contributed by atoms with Crippen LogP contribution in [0.25, 0.3) is 0 Å². The SMILES string of the molecule is O=C(O)c1ccc(C2OC2C(=O)c2ccccc2)cc1. The molecule has 1 saturated heterocycles. The molecule has 1 aliphatic rings. The minimum absolute atomic E-state index is 0.0436. The van der Waals surface area contributed by atoms with Crippen molar-refractivity contribution >= 4 is 11.8 Å². The van der Waals surface area contributed by atoms with E-state index >= 15 is 0 Å². The van der Waals surface area contributed by atoms with E-state index in [1.165, 1.54) is 12.1 Å². The Morgan fingerprint density at radius 1 is 0.900 bits per heavy atom. The Bertz CT molecular complexity index is 646. The molecule has 2 atom stereocenters. The van der Waals surface area contributed by atoms with Gasteiger partial charge < -0.3 is 9.84 Å². The summed E-state index contributed by atoms with van der Waals surface area (Å²) in [5.74, 6) is -1.01. The van der Waals surface area contributed by atoms with E-state index < -0.39 is 12.1 Å². The summed E-state index contributed by atoms with van der Waals surface area (Å²) in [6.45, 7) is 0. The van der Waals surface area contributed by atoms with Gasteiger partial charge >= 0.3 is 5.97 Å². The molecule has 0 radical (unpaired) electrons. The summed E-state index contributed by atoms with van der Waals surface area (Å²) in [4.78, 5) is 22.9. The summed E-state index contributed by atoms with van der Waals surface area (Å²) in [7, 11) is 0. The number of epoxide rings is 1. The number of benzene rings is 2. The molecule has 0 amide bonds. The highest BCUT2D eigenvalue weighted by Gasteiger charge is 2.46. The summed E-state index contributed by atoms with van der Waals surface area (Å²) in [6.07, 6.45) is -0.737. The second kappa shape index (κ2) is 4.90. The molecular weight excluding hydrogens is 256 g/mol. The number of carboxylic acid groups (broad SMARTS) is 1. The third kappa shape index (κ3) is 2.33. The zero-order valence-corrected chi connectivity index (χ0v) is 10.5. The van der Waals surface area contributed by atoms with Crippen LogP contribution < -0.4 is 0 Å². The van der Waals surface area contributed by atoms with Gasteiger partial charge in [0.25, 0.3) is 0 Å². The van der Waals surface area contributed by atoms with Crippen LogP contribution in [0.4, 0.5) is 0 Å². The van der Waals surface area contributed by atoms with E-state index in [-0.39, 0.29) is 17.5 Å². The Hall–Kier alpha value is -2.46. The molecule has 0 aromatic heterocycles. The van der Waals surface area contributed by atoms with Crippen LogP contribution in [-0.4, -0.2) is 23.0 Å². The molecule has 1 fully saturated rings. The Balaban J connectivity index is 1.73. The minimum atomic E-state index is -0.967. The van der Waals surface area contributed by atoms with E-state index in [1.54, 1.807) is 24.3 Å². The molecule has 0 spiro atoms. The van der Waals surface area contributed by atoms with Crippen LogP contribution in [0.2, 0.25) is 0 Å². The topological polar surface area (TPSA) is 66.9 Å². The highest BCUT2D eigenvalue weighted by Crippen LogP contribution is 2.40. The first-order valence-electron chi connectivity index (χ1n) is 6.25. The van der Waals surface area contributed by atoms with E-state index in [1.807, 2.05) is 18.2 Å². The second-order valence-electron chi connectivity index (χ2n) is 4.63. The summed E-state index contributed by atoms with van der Waals surface area (Å²) >= 11 is 0. The van der Waals surface area contributed by atoms with Crippen LogP contribution in [-0.2, 0) is 4.74 Å². The first-order valence-corrected chi connectivity index (χ1v) is 6.25. The molecule has 0 aliphatic carbocycles. The van der Waals surface area contributed by atoms with E-state index in [2.05, 4.69) is 0 Å². The highest BCUT2D eigenvalue weighted by atomic mass is 16.6. The van der Waals surface area contributed by atoms with Gasteiger partial charge in [0.2, 0.25) is 0 Å². The van der Waals surface area contributed by atoms with Gasteiger partial charge in [-0.05, 0) is 17.7 Å². The molecule has 1 heterocycles. The van der Waals surface area contributed by atoms with Crippen molar-refractivity contribution in [1.82, 2.24) is 0 Å². The largest absolute Gasteiger partial charge is 0.478 e. The Labute approximate surface area is 115 Å². The predicted molar refractivity (Wildman–Crippen MR) is 71.8 cm³/mol. The number of rotatable bonds is 4. The van der Waals surface area contributed by atoms with Crippen LogP contribution in [0.1, 0.15) is 32.4 Å². The lowest BCUT2D eigenvalue weighted by Crippen LogP contribution is -2.08. The highest BCUT2D eigenvalue weighted by molar-refractivity contribution is 6.01. The van der Waals surface area contributed by atoms with Gasteiger partial charge in [0, 0.05) is 5.56 Å². The monoisotopic (exact) mass is 268 g/mol. The van der Waals surface area contributed by atoms with Crippen molar-refractivity contribution in [3.8, 4) is 0 Å². The quantitative estimate of drug-likeness (QED) is 0.684. The number of aromatic carboxylic acids is 1. The normalized spacial score (nSPS) is 20.4. The van der Waals surface area contributed by atoms with Crippen LogP contribution >= 0.6 is 0 Å². The van der Waals surface area contributed by atoms with Gasteiger partial charge in [-0.3, -0.25) is 4.79 Å². The maximum atomic E-state index is 12.1. The summed E-state index contributed by atoms with van der Waals surface area (Å²) in [5, 5.41) is 8.83. The summed E-state index contributed by atoms with van der Waals surface area (Å²) in [6, 6.07) is 15.4. The Morgan fingerprint density at radius 3 is 2.15 bits per heavy atom. The lowest BCUT2D eigenvalue weighted by molar-refractivity contribution is 0.0696. The van der Waals surface area contributed by atoms with Crippen LogP contribution in [0, 0.1) is 0 Å². The molecular formula is C16H12O4. The van der Waals surface area contributed by atoms with Crippen LogP contribution in [0.5, 0.6) is 0 Å². The number of hydrogen-bond acceptors (Lipinski definition) is 3.